The molecule has 1 aliphatic heterocycles. The summed E-state index contributed by atoms with van der Waals surface area (Å²) in [6.45, 7) is 3.13. The lowest BCUT2D eigenvalue weighted by molar-refractivity contribution is 0.0693. The second-order valence-electron chi connectivity index (χ2n) is 5.38. The fraction of sp³-hybridized carbons (Fsp3) is 0.562. The minimum atomic E-state index is -0.945. The van der Waals surface area contributed by atoms with Gasteiger partial charge in [0.25, 0.3) is 0 Å². The van der Waals surface area contributed by atoms with Gasteiger partial charge in [-0.15, -0.1) is 0 Å². The molecule has 0 radical (unpaired) electrons. The van der Waals surface area contributed by atoms with Crippen molar-refractivity contribution in [3.8, 4) is 5.75 Å². The highest BCUT2D eigenvalue weighted by atomic mass is 16.5. The van der Waals surface area contributed by atoms with Crippen LogP contribution in [-0.2, 0) is 6.54 Å². The zero-order valence-electron chi connectivity index (χ0n) is 12.1. The Labute approximate surface area is 120 Å². The highest BCUT2D eigenvalue weighted by Gasteiger charge is 2.13. The molecule has 1 heterocycles. The topological polar surface area (TPSA) is 49.8 Å². The molecule has 4 nitrogen and oxygen atoms in total. The fourth-order valence-electron chi connectivity index (χ4n) is 2.74. The summed E-state index contributed by atoms with van der Waals surface area (Å²) in [4.78, 5) is 13.5. The van der Waals surface area contributed by atoms with E-state index >= 15 is 0 Å². The Morgan fingerprint density at radius 1 is 1.20 bits per heavy atom. The van der Waals surface area contributed by atoms with E-state index in [1.165, 1.54) is 39.2 Å². The van der Waals surface area contributed by atoms with E-state index in [-0.39, 0.29) is 5.56 Å². The summed E-state index contributed by atoms with van der Waals surface area (Å²) in [5.41, 5.74) is 1.34. The summed E-state index contributed by atoms with van der Waals surface area (Å²) in [5, 5.41) is 9.09. The van der Waals surface area contributed by atoms with Crippen molar-refractivity contribution in [2.75, 3.05) is 20.2 Å². The summed E-state index contributed by atoms with van der Waals surface area (Å²) < 4.78 is 5.18. The van der Waals surface area contributed by atoms with E-state index in [1.807, 2.05) is 12.1 Å². The molecule has 20 heavy (non-hydrogen) atoms. The molecule has 1 fully saturated rings. The van der Waals surface area contributed by atoms with Crippen LogP contribution in [0.15, 0.2) is 18.2 Å². The van der Waals surface area contributed by atoms with E-state index in [1.54, 1.807) is 6.07 Å². The third-order valence-electron chi connectivity index (χ3n) is 3.85. The van der Waals surface area contributed by atoms with Gasteiger partial charge in [-0.3, -0.25) is 4.90 Å². The molecule has 2 rings (SSSR count). The van der Waals surface area contributed by atoms with Crippen LogP contribution in [0.1, 0.15) is 48.0 Å². The average Bonchev–Trinajstić information content (AvgIpc) is 2.41. The Morgan fingerprint density at radius 3 is 2.45 bits per heavy atom. The van der Waals surface area contributed by atoms with Crippen molar-refractivity contribution in [1.29, 1.82) is 0 Å². The van der Waals surface area contributed by atoms with Crippen LogP contribution in [0.2, 0.25) is 0 Å². The number of nitrogens with zero attached hydrogens (tertiary/aromatic N) is 1. The Hall–Kier alpha value is -1.55. The number of hydrogen-bond acceptors (Lipinski definition) is 3. The molecule has 1 N–H and O–H groups in total. The standard InChI is InChI=1S/C16H23NO3/c1-20-15-11-13(7-8-14(15)16(18)19)12-17-9-5-3-2-4-6-10-17/h7-8,11H,2-6,9-10,12H2,1H3,(H,18,19). The number of hydrogen-bond donors (Lipinski definition) is 1. The van der Waals surface area contributed by atoms with Gasteiger partial charge in [-0.2, -0.15) is 0 Å². The molecule has 4 heteroatoms. The summed E-state index contributed by atoms with van der Waals surface area (Å²) in [6.07, 6.45) is 6.50. The van der Waals surface area contributed by atoms with Crippen LogP contribution in [0, 0.1) is 0 Å². The van der Waals surface area contributed by atoms with Crippen molar-refractivity contribution in [2.24, 2.45) is 0 Å². The maximum atomic E-state index is 11.1. The van der Waals surface area contributed by atoms with Crippen molar-refractivity contribution < 1.29 is 14.6 Å². The molecule has 1 aromatic rings. The second kappa shape index (κ2) is 7.29. The van der Waals surface area contributed by atoms with Crippen LogP contribution in [-0.4, -0.2) is 36.2 Å². The van der Waals surface area contributed by atoms with Crippen molar-refractivity contribution in [3.05, 3.63) is 29.3 Å². The molecule has 1 saturated heterocycles. The van der Waals surface area contributed by atoms with Crippen molar-refractivity contribution in [2.45, 2.75) is 38.6 Å². The number of carboxylic acids is 1. The molecule has 0 aromatic heterocycles. The van der Waals surface area contributed by atoms with Gasteiger partial charge in [0.05, 0.1) is 7.11 Å². The van der Waals surface area contributed by atoms with Gasteiger partial charge in [0.2, 0.25) is 0 Å². The van der Waals surface area contributed by atoms with Crippen molar-refractivity contribution in [1.82, 2.24) is 4.90 Å². The van der Waals surface area contributed by atoms with Gasteiger partial charge in [0.1, 0.15) is 11.3 Å². The van der Waals surface area contributed by atoms with Crippen molar-refractivity contribution in [3.63, 3.8) is 0 Å². The fourth-order valence-corrected chi connectivity index (χ4v) is 2.74. The van der Waals surface area contributed by atoms with Gasteiger partial charge < -0.3 is 9.84 Å². The second-order valence-corrected chi connectivity index (χ2v) is 5.38. The molecule has 0 saturated carbocycles. The smallest absolute Gasteiger partial charge is 0.339 e. The molecule has 0 bridgehead atoms. The third-order valence-corrected chi connectivity index (χ3v) is 3.85. The minimum absolute atomic E-state index is 0.226. The number of ether oxygens (including phenoxy) is 1. The van der Waals surface area contributed by atoms with E-state index in [0.717, 1.165) is 25.2 Å². The number of aromatic carboxylic acids is 1. The van der Waals surface area contributed by atoms with Gasteiger partial charge in [-0.05, 0) is 43.6 Å². The first kappa shape index (κ1) is 14.9. The molecule has 0 aliphatic carbocycles. The SMILES string of the molecule is COc1cc(CN2CCCCCCC2)ccc1C(=O)O. The Balaban J connectivity index is 2.06. The first-order valence-electron chi connectivity index (χ1n) is 7.33. The van der Waals surface area contributed by atoms with E-state index in [4.69, 9.17) is 9.84 Å². The maximum absolute atomic E-state index is 11.1. The van der Waals surface area contributed by atoms with E-state index in [0.29, 0.717) is 5.75 Å². The van der Waals surface area contributed by atoms with E-state index in [2.05, 4.69) is 4.90 Å². The molecule has 1 aromatic carbocycles. The van der Waals surface area contributed by atoms with Gasteiger partial charge in [-0.25, -0.2) is 4.79 Å². The number of methoxy groups -OCH3 is 1. The largest absolute Gasteiger partial charge is 0.496 e. The van der Waals surface area contributed by atoms with Gasteiger partial charge in [0.15, 0.2) is 0 Å². The average molecular weight is 277 g/mol. The van der Waals surface area contributed by atoms with Crippen LogP contribution in [0.5, 0.6) is 5.75 Å². The number of rotatable bonds is 4. The Bertz CT molecular complexity index is 451. The minimum Gasteiger partial charge on any atom is -0.496 e. The maximum Gasteiger partial charge on any atom is 0.339 e. The molecule has 1 aliphatic rings. The van der Waals surface area contributed by atoms with Crippen LogP contribution in [0.4, 0.5) is 0 Å². The third kappa shape index (κ3) is 3.97. The lowest BCUT2D eigenvalue weighted by Crippen LogP contribution is -2.26. The summed E-state index contributed by atoms with van der Waals surface area (Å²) in [5.74, 6) is -0.498. The van der Waals surface area contributed by atoms with Gasteiger partial charge in [0, 0.05) is 6.54 Å². The number of benzene rings is 1. The Kier molecular flexibility index (Phi) is 5.41. The molecule has 0 spiro atoms. The zero-order valence-corrected chi connectivity index (χ0v) is 12.1. The predicted molar refractivity (Wildman–Crippen MR) is 78.3 cm³/mol. The number of carboxylic acid groups (broad SMARTS) is 1. The lowest BCUT2D eigenvalue weighted by Gasteiger charge is -2.24. The van der Waals surface area contributed by atoms with E-state index < -0.39 is 5.97 Å². The van der Waals surface area contributed by atoms with Crippen LogP contribution < -0.4 is 4.74 Å². The molecule has 0 unspecified atom stereocenters. The molecular weight excluding hydrogens is 254 g/mol. The highest BCUT2D eigenvalue weighted by Crippen LogP contribution is 2.22. The molecule has 110 valence electrons. The van der Waals surface area contributed by atoms with Crippen molar-refractivity contribution >= 4 is 5.97 Å². The first-order valence-corrected chi connectivity index (χ1v) is 7.33. The van der Waals surface area contributed by atoms with Crippen LogP contribution >= 0.6 is 0 Å². The monoisotopic (exact) mass is 277 g/mol. The summed E-state index contributed by atoms with van der Waals surface area (Å²) >= 11 is 0. The zero-order chi connectivity index (χ0) is 14.4. The van der Waals surface area contributed by atoms with Crippen LogP contribution in [0.25, 0.3) is 0 Å². The molecule has 0 atom stereocenters. The number of likely N-dealkylation sites (tertiary alicyclic amines) is 1. The van der Waals surface area contributed by atoms with Gasteiger partial charge in [-0.1, -0.05) is 25.3 Å². The highest BCUT2D eigenvalue weighted by molar-refractivity contribution is 5.90. The summed E-state index contributed by atoms with van der Waals surface area (Å²) in [7, 11) is 1.52. The normalized spacial score (nSPS) is 17.2. The lowest BCUT2D eigenvalue weighted by atomic mass is 10.1. The van der Waals surface area contributed by atoms with E-state index in [9.17, 15) is 4.79 Å². The number of carbonyl (C=O) groups is 1. The molecule has 0 amide bonds. The Morgan fingerprint density at radius 2 is 1.85 bits per heavy atom. The molecular formula is C16H23NO3. The first-order chi connectivity index (χ1) is 9.70. The predicted octanol–water partition coefficient (Wildman–Crippen LogP) is 3.16. The van der Waals surface area contributed by atoms with Gasteiger partial charge >= 0.3 is 5.97 Å². The quantitative estimate of drug-likeness (QED) is 0.918. The summed E-state index contributed by atoms with van der Waals surface area (Å²) in [6, 6.07) is 5.38. The van der Waals surface area contributed by atoms with Crippen LogP contribution in [0.3, 0.4) is 0 Å².